The summed E-state index contributed by atoms with van der Waals surface area (Å²) in [4.78, 5) is 39.5. The molecule has 2 N–H and O–H groups in total. The smallest absolute Gasteiger partial charge is 0.226 e. The Morgan fingerprint density at radius 3 is 3.00 bits per heavy atom. The van der Waals surface area contributed by atoms with Gasteiger partial charge in [0.25, 0.3) is 0 Å². The summed E-state index contributed by atoms with van der Waals surface area (Å²) in [7, 11) is 0. The van der Waals surface area contributed by atoms with E-state index in [-0.39, 0.29) is 24.0 Å². The van der Waals surface area contributed by atoms with Gasteiger partial charge in [0.1, 0.15) is 29.1 Å². The molecule has 4 rings (SSSR count). The molecule has 1 amide bonds. The van der Waals surface area contributed by atoms with E-state index in [0.717, 1.165) is 29.6 Å². The number of H-pyrrole nitrogens is 1. The van der Waals surface area contributed by atoms with E-state index >= 15 is 0 Å². The zero-order chi connectivity index (χ0) is 16.5. The number of hydrogen-bond donors (Lipinski definition) is 2. The topological polar surface area (TPSA) is 101 Å². The lowest BCUT2D eigenvalue weighted by Gasteiger charge is -2.01. The summed E-state index contributed by atoms with van der Waals surface area (Å²) in [5, 5.41) is 6.00. The summed E-state index contributed by atoms with van der Waals surface area (Å²) in [6, 6.07) is 1.89. The Morgan fingerprint density at radius 2 is 2.17 bits per heavy atom. The van der Waals surface area contributed by atoms with Crippen molar-refractivity contribution in [2.24, 2.45) is 5.92 Å². The van der Waals surface area contributed by atoms with Gasteiger partial charge < -0.3 is 10.3 Å². The third kappa shape index (κ3) is 3.05. The van der Waals surface area contributed by atoms with E-state index in [9.17, 15) is 9.59 Å². The second-order valence-corrected chi connectivity index (χ2v) is 6.65. The first-order chi connectivity index (χ1) is 11.7. The van der Waals surface area contributed by atoms with Crippen LogP contribution in [0.5, 0.6) is 0 Å². The van der Waals surface area contributed by atoms with Crippen LogP contribution in [0.25, 0.3) is 22.4 Å². The lowest BCUT2D eigenvalue weighted by molar-refractivity contribution is -0.123. The summed E-state index contributed by atoms with van der Waals surface area (Å²) in [6.07, 6.45) is 5.75. The number of aromatic nitrogens is 4. The molecule has 0 atom stereocenters. The Labute approximate surface area is 141 Å². The minimum atomic E-state index is -0.181. The minimum Gasteiger partial charge on any atom is -0.346 e. The number of carbonyl (C=O) groups is 2. The lowest BCUT2D eigenvalue weighted by Crippen LogP contribution is -2.13. The largest absolute Gasteiger partial charge is 0.346 e. The highest BCUT2D eigenvalue weighted by atomic mass is 32.1. The van der Waals surface area contributed by atoms with Gasteiger partial charge in [-0.05, 0) is 18.9 Å². The van der Waals surface area contributed by atoms with Crippen molar-refractivity contribution in [1.29, 1.82) is 0 Å². The fourth-order valence-electron chi connectivity index (χ4n) is 2.54. The number of fused-ring (bicyclic) bond motifs is 1. The van der Waals surface area contributed by atoms with Crippen LogP contribution in [0.2, 0.25) is 0 Å². The highest BCUT2D eigenvalue weighted by molar-refractivity contribution is 7.14. The second-order valence-electron chi connectivity index (χ2n) is 5.79. The first kappa shape index (κ1) is 14.9. The Morgan fingerprint density at radius 1 is 1.29 bits per heavy atom. The molecule has 0 bridgehead atoms. The van der Waals surface area contributed by atoms with Crippen LogP contribution in [-0.2, 0) is 9.59 Å². The molecule has 24 heavy (non-hydrogen) atoms. The van der Waals surface area contributed by atoms with Gasteiger partial charge in [-0.25, -0.2) is 15.0 Å². The summed E-state index contributed by atoms with van der Waals surface area (Å²) >= 11 is 1.34. The molecule has 1 aliphatic carbocycles. The van der Waals surface area contributed by atoms with Crippen molar-refractivity contribution in [3.8, 4) is 11.4 Å². The van der Waals surface area contributed by atoms with E-state index in [1.165, 1.54) is 17.7 Å². The number of rotatable bonds is 6. The molecule has 0 aromatic carbocycles. The summed E-state index contributed by atoms with van der Waals surface area (Å²) in [5.74, 6) is 0.214. The molecule has 1 saturated carbocycles. The monoisotopic (exact) mass is 341 g/mol. The second kappa shape index (κ2) is 6.12. The maximum Gasteiger partial charge on any atom is 0.226 e. The Kier molecular flexibility index (Phi) is 3.81. The maximum absolute atomic E-state index is 11.9. The average molecular weight is 341 g/mol. The average Bonchev–Trinajstić information content (AvgIpc) is 3.14. The molecule has 8 heteroatoms. The van der Waals surface area contributed by atoms with Gasteiger partial charge in [-0.3, -0.25) is 9.59 Å². The number of thiazole rings is 1. The fraction of sp³-hybridized carbons (Fsp3) is 0.312. The van der Waals surface area contributed by atoms with E-state index in [0.29, 0.717) is 17.2 Å². The molecular weight excluding hydrogens is 326 g/mol. The SMILES string of the molecule is O=C(CCC(=O)C1CC1)Nc1nc(-c2ncnc3[nH]ccc23)cs1. The maximum atomic E-state index is 11.9. The van der Waals surface area contributed by atoms with Crippen molar-refractivity contribution < 1.29 is 9.59 Å². The fourth-order valence-corrected chi connectivity index (χ4v) is 3.26. The van der Waals surface area contributed by atoms with E-state index in [1.807, 2.05) is 11.4 Å². The molecular formula is C16H15N5O2S. The van der Waals surface area contributed by atoms with Crippen molar-refractivity contribution in [2.45, 2.75) is 25.7 Å². The van der Waals surface area contributed by atoms with Gasteiger partial charge >= 0.3 is 0 Å². The van der Waals surface area contributed by atoms with Gasteiger partial charge in [0, 0.05) is 35.7 Å². The van der Waals surface area contributed by atoms with Gasteiger partial charge in [-0.1, -0.05) is 0 Å². The molecule has 3 heterocycles. The van der Waals surface area contributed by atoms with Crippen molar-refractivity contribution in [3.05, 3.63) is 24.0 Å². The number of carbonyl (C=O) groups excluding carboxylic acids is 2. The molecule has 1 aliphatic rings. The number of nitrogens with one attached hydrogen (secondary N) is 2. The minimum absolute atomic E-state index is 0.181. The van der Waals surface area contributed by atoms with Gasteiger partial charge in [0.15, 0.2) is 5.13 Å². The number of anilines is 1. The summed E-state index contributed by atoms with van der Waals surface area (Å²) in [6.45, 7) is 0. The van der Waals surface area contributed by atoms with Crippen LogP contribution in [0.1, 0.15) is 25.7 Å². The molecule has 122 valence electrons. The Balaban J connectivity index is 1.43. The van der Waals surface area contributed by atoms with E-state index in [2.05, 4.69) is 25.3 Å². The van der Waals surface area contributed by atoms with Crippen LogP contribution in [0.4, 0.5) is 5.13 Å². The predicted octanol–water partition coefficient (Wildman–Crippen LogP) is 2.78. The van der Waals surface area contributed by atoms with Gasteiger partial charge in [0.05, 0.1) is 0 Å². The standard InChI is InChI=1S/C16H15N5O2S/c22-12(9-1-2-9)3-4-13(23)21-16-20-11(7-24-16)14-10-5-6-17-15(10)19-8-18-14/h5-9H,1-4H2,(H,17,18,19)(H,20,21,23). The zero-order valence-electron chi connectivity index (χ0n) is 12.8. The van der Waals surface area contributed by atoms with Crippen LogP contribution in [0.15, 0.2) is 24.0 Å². The number of aromatic amines is 1. The highest BCUT2D eigenvalue weighted by Gasteiger charge is 2.29. The van der Waals surface area contributed by atoms with Crippen LogP contribution >= 0.6 is 11.3 Å². The molecule has 0 aliphatic heterocycles. The number of hydrogen-bond acceptors (Lipinski definition) is 6. The number of Topliss-reactive ketones (excluding diaryl/α,β-unsaturated/α-hetero) is 1. The van der Waals surface area contributed by atoms with Crippen molar-refractivity contribution in [1.82, 2.24) is 19.9 Å². The van der Waals surface area contributed by atoms with E-state index in [1.54, 1.807) is 6.20 Å². The first-order valence-corrected chi connectivity index (χ1v) is 8.65. The molecule has 3 aromatic heterocycles. The van der Waals surface area contributed by atoms with Crippen LogP contribution in [0.3, 0.4) is 0 Å². The van der Waals surface area contributed by atoms with Gasteiger partial charge in [0.2, 0.25) is 5.91 Å². The number of amides is 1. The molecule has 7 nitrogen and oxygen atoms in total. The van der Waals surface area contributed by atoms with Gasteiger partial charge in [-0.2, -0.15) is 0 Å². The van der Waals surface area contributed by atoms with Crippen molar-refractivity contribution >= 4 is 39.2 Å². The van der Waals surface area contributed by atoms with Crippen LogP contribution in [-0.4, -0.2) is 31.6 Å². The highest BCUT2D eigenvalue weighted by Crippen LogP contribution is 2.31. The van der Waals surface area contributed by atoms with Crippen LogP contribution < -0.4 is 5.32 Å². The zero-order valence-corrected chi connectivity index (χ0v) is 13.6. The third-order valence-electron chi connectivity index (χ3n) is 3.98. The Bertz CT molecular complexity index is 912. The molecule has 0 unspecified atom stereocenters. The van der Waals surface area contributed by atoms with E-state index < -0.39 is 0 Å². The molecule has 0 saturated heterocycles. The van der Waals surface area contributed by atoms with Gasteiger partial charge in [-0.15, -0.1) is 11.3 Å². The van der Waals surface area contributed by atoms with E-state index in [4.69, 9.17) is 0 Å². The van der Waals surface area contributed by atoms with Crippen molar-refractivity contribution in [3.63, 3.8) is 0 Å². The molecule has 1 fully saturated rings. The molecule has 0 spiro atoms. The summed E-state index contributed by atoms with van der Waals surface area (Å²) < 4.78 is 0. The quantitative estimate of drug-likeness (QED) is 0.718. The Hall–Kier alpha value is -2.61. The summed E-state index contributed by atoms with van der Waals surface area (Å²) in [5.41, 5.74) is 2.16. The number of ketones is 1. The normalized spacial score (nSPS) is 14.0. The first-order valence-electron chi connectivity index (χ1n) is 7.77. The molecule has 0 radical (unpaired) electrons. The van der Waals surface area contributed by atoms with Crippen LogP contribution in [0, 0.1) is 5.92 Å². The predicted molar refractivity (Wildman–Crippen MR) is 90.6 cm³/mol. The third-order valence-corrected chi connectivity index (χ3v) is 4.74. The van der Waals surface area contributed by atoms with Crippen molar-refractivity contribution in [2.75, 3.05) is 5.32 Å². The number of nitrogens with zero attached hydrogens (tertiary/aromatic N) is 3. The lowest BCUT2D eigenvalue weighted by atomic mass is 10.1. The molecule has 3 aromatic rings.